The monoisotopic (exact) mass is 349 g/mol. The van der Waals surface area contributed by atoms with Crippen LogP contribution < -0.4 is 15.1 Å². The van der Waals surface area contributed by atoms with E-state index in [0.717, 1.165) is 56.7 Å². The number of nitrogens with one attached hydrogen (secondary N) is 1. The zero-order valence-corrected chi connectivity index (χ0v) is 14.6. The highest BCUT2D eigenvalue weighted by Crippen LogP contribution is 2.32. The van der Waals surface area contributed by atoms with Gasteiger partial charge in [-0.3, -0.25) is 14.5 Å². The normalized spacial score (nSPS) is 25.0. The predicted octanol–water partition coefficient (Wildman–Crippen LogP) is 1.55. The molecule has 1 unspecified atom stereocenters. The van der Waals surface area contributed by atoms with Crippen LogP contribution in [-0.4, -0.2) is 47.7 Å². The Morgan fingerprint density at radius 1 is 1.08 bits per heavy atom. The van der Waals surface area contributed by atoms with Crippen LogP contribution in [-0.2, 0) is 9.59 Å². The van der Waals surface area contributed by atoms with E-state index >= 15 is 0 Å². The van der Waals surface area contributed by atoms with Crippen LogP contribution in [0.1, 0.15) is 44.9 Å². The zero-order valence-electron chi connectivity index (χ0n) is 13.7. The highest BCUT2D eigenvalue weighted by atomic mass is 32.1. The summed E-state index contributed by atoms with van der Waals surface area (Å²) in [7, 11) is 0. The maximum Gasteiger partial charge on any atom is 0.228 e. The second-order valence-electron chi connectivity index (χ2n) is 6.94. The molecule has 8 heteroatoms. The van der Waals surface area contributed by atoms with Gasteiger partial charge in [0.05, 0.1) is 5.92 Å². The molecular formula is C16H23N5O2S. The molecule has 2 saturated heterocycles. The van der Waals surface area contributed by atoms with E-state index in [0.29, 0.717) is 24.1 Å². The van der Waals surface area contributed by atoms with Gasteiger partial charge in [-0.1, -0.05) is 11.3 Å². The Bertz CT molecular complexity index is 630. The van der Waals surface area contributed by atoms with Crippen molar-refractivity contribution in [1.29, 1.82) is 0 Å². The van der Waals surface area contributed by atoms with Gasteiger partial charge in [-0.25, -0.2) is 0 Å². The third-order valence-corrected chi connectivity index (χ3v) is 5.95. The maximum absolute atomic E-state index is 12.3. The van der Waals surface area contributed by atoms with Crippen molar-refractivity contribution in [2.24, 2.45) is 5.92 Å². The molecule has 130 valence electrons. The smallest absolute Gasteiger partial charge is 0.228 e. The Balaban J connectivity index is 1.41. The molecule has 1 atom stereocenters. The van der Waals surface area contributed by atoms with Crippen LogP contribution in [0.2, 0.25) is 0 Å². The van der Waals surface area contributed by atoms with Crippen molar-refractivity contribution < 1.29 is 9.59 Å². The number of rotatable bonds is 4. The molecule has 0 aromatic carbocycles. The van der Waals surface area contributed by atoms with Gasteiger partial charge in [0, 0.05) is 32.1 Å². The first-order chi connectivity index (χ1) is 11.7. The maximum atomic E-state index is 12.3. The second kappa shape index (κ2) is 6.66. The highest BCUT2D eigenvalue weighted by Gasteiger charge is 2.32. The lowest BCUT2D eigenvalue weighted by molar-refractivity contribution is -0.125. The van der Waals surface area contributed by atoms with Crippen molar-refractivity contribution in [2.45, 2.75) is 51.0 Å². The molecule has 2 aliphatic heterocycles. The second-order valence-corrected chi connectivity index (χ2v) is 7.87. The molecule has 1 aliphatic carbocycles. The molecule has 7 nitrogen and oxygen atoms in total. The molecule has 4 rings (SSSR count). The number of carbonyl (C=O) groups is 2. The summed E-state index contributed by atoms with van der Waals surface area (Å²) in [6.07, 6.45) is 6.74. The Morgan fingerprint density at radius 2 is 1.92 bits per heavy atom. The molecule has 0 spiro atoms. The number of nitrogens with zero attached hydrogens (tertiary/aromatic N) is 4. The Hall–Kier alpha value is -1.70. The van der Waals surface area contributed by atoms with Gasteiger partial charge in [-0.15, -0.1) is 10.2 Å². The van der Waals surface area contributed by atoms with Gasteiger partial charge in [-0.05, 0) is 38.5 Å². The molecule has 1 aromatic heterocycles. The molecular weight excluding hydrogens is 326 g/mol. The summed E-state index contributed by atoms with van der Waals surface area (Å²) >= 11 is 1.47. The lowest BCUT2D eigenvalue weighted by Crippen LogP contribution is -2.43. The van der Waals surface area contributed by atoms with Crippen LogP contribution >= 0.6 is 11.3 Å². The van der Waals surface area contributed by atoms with Crippen molar-refractivity contribution in [3.05, 3.63) is 0 Å². The number of anilines is 2. The standard InChI is InChI=1S/C16H23N5O2S/c22-13-5-1-2-9-21(13)16-19-18-15(24-16)20-8-3-4-11(10-20)14(23)17-12-6-7-12/h11-12H,1-10H2,(H,17,23). The van der Waals surface area contributed by atoms with Crippen LogP contribution in [0.25, 0.3) is 0 Å². The Labute approximate surface area is 145 Å². The third kappa shape index (κ3) is 3.38. The number of hydrogen-bond acceptors (Lipinski definition) is 6. The average molecular weight is 349 g/mol. The molecule has 3 heterocycles. The molecule has 24 heavy (non-hydrogen) atoms. The van der Waals surface area contributed by atoms with E-state index in [9.17, 15) is 9.59 Å². The largest absolute Gasteiger partial charge is 0.353 e. The van der Waals surface area contributed by atoms with Crippen molar-refractivity contribution in [2.75, 3.05) is 29.4 Å². The number of piperidine rings is 2. The number of amides is 2. The summed E-state index contributed by atoms with van der Waals surface area (Å²) in [4.78, 5) is 28.2. The molecule has 3 fully saturated rings. The Morgan fingerprint density at radius 3 is 2.71 bits per heavy atom. The molecule has 3 aliphatic rings. The molecule has 1 saturated carbocycles. The van der Waals surface area contributed by atoms with Crippen molar-refractivity contribution >= 4 is 33.4 Å². The van der Waals surface area contributed by atoms with Crippen LogP contribution in [0.4, 0.5) is 10.3 Å². The summed E-state index contributed by atoms with van der Waals surface area (Å²) in [5.41, 5.74) is 0. The van der Waals surface area contributed by atoms with Crippen LogP contribution in [0.3, 0.4) is 0 Å². The van der Waals surface area contributed by atoms with Gasteiger partial charge in [0.1, 0.15) is 0 Å². The lowest BCUT2D eigenvalue weighted by atomic mass is 9.97. The van der Waals surface area contributed by atoms with E-state index in [1.54, 1.807) is 4.90 Å². The fourth-order valence-corrected chi connectivity index (χ4v) is 4.29. The summed E-state index contributed by atoms with van der Waals surface area (Å²) in [5.74, 6) is 0.353. The van der Waals surface area contributed by atoms with E-state index in [1.807, 2.05) is 0 Å². The summed E-state index contributed by atoms with van der Waals surface area (Å²) in [5, 5.41) is 13.1. The lowest BCUT2D eigenvalue weighted by Gasteiger charge is -2.31. The Kier molecular flexibility index (Phi) is 4.39. The van der Waals surface area contributed by atoms with Crippen molar-refractivity contribution in [3.8, 4) is 0 Å². The van der Waals surface area contributed by atoms with Gasteiger partial charge in [0.25, 0.3) is 0 Å². The first-order valence-corrected chi connectivity index (χ1v) is 9.71. The molecule has 2 amide bonds. The molecule has 1 aromatic rings. The minimum atomic E-state index is 0.0309. The quantitative estimate of drug-likeness (QED) is 0.892. The van der Waals surface area contributed by atoms with Gasteiger partial charge < -0.3 is 10.2 Å². The van der Waals surface area contributed by atoms with Crippen LogP contribution in [0.15, 0.2) is 0 Å². The summed E-state index contributed by atoms with van der Waals surface area (Å²) in [6.45, 7) is 2.33. The van der Waals surface area contributed by atoms with Crippen molar-refractivity contribution in [1.82, 2.24) is 15.5 Å². The van der Waals surface area contributed by atoms with Crippen LogP contribution in [0.5, 0.6) is 0 Å². The van der Waals surface area contributed by atoms with E-state index in [4.69, 9.17) is 0 Å². The first kappa shape index (κ1) is 15.8. The summed E-state index contributed by atoms with van der Waals surface area (Å²) in [6, 6.07) is 0.408. The SMILES string of the molecule is O=C(NC1CC1)C1CCCN(c2nnc(N3CCCCC3=O)s2)C1. The van der Waals surface area contributed by atoms with E-state index < -0.39 is 0 Å². The van der Waals surface area contributed by atoms with Gasteiger partial charge in [0.15, 0.2) is 0 Å². The fourth-order valence-electron chi connectivity index (χ4n) is 3.36. The van der Waals surface area contributed by atoms with Crippen molar-refractivity contribution in [3.63, 3.8) is 0 Å². The highest BCUT2D eigenvalue weighted by molar-refractivity contribution is 7.19. The third-order valence-electron chi connectivity index (χ3n) is 4.94. The topological polar surface area (TPSA) is 78.4 Å². The van der Waals surface area contributed by atoms with Crippen LogP contribution in [0, 0.1) is 5.92 Å². The van der Waals surface area contributed by atoms with E-state index in [-0.39, 0.29) is 17.7 Å². The fraction of sp³-hybridized carbons (Fsp3) is 0.750. The van der Waals surface area contributed by atoms with E-state index in [2.05, 4.69) is 20.4 Å². The minimum Gasteiger partial charge on any atom is -0.353 e. The first-order valence-electron chi connectivity index (χ1n) is 8.90. The van der Waals surface area contributed by atoms with Gasteiger partial charge >= 0.3 is 0 Å². The van der Waals surface area contributed by atoms with Gasteiger partial charge in [-0.2, -0.15) is 0 Å². The van der Waals surface area contributed by atoms with E-state index in [1.165, 1.54) is 11.3 Å². The molecule has 0 radical (unpaired) electrons. The van der Waals surface area contributed by atoms with Gasteiger partial charge in [0.2, 0.25) is 22.1 Å². The average Bonchev–Trinajstić information content (AvgIpc) is 3.28. The molecule has 1 N–H and O–H groups in total. The molecule has 0 bridgehead atoms. The number of aromatic nitrogens is 2. The zero-order chi connectivity index (χ0) is 16.5. The predicted molar refractivity (Wildman–Crippen MR) is 92.2 cm³/mol. The number of carbonyl (C=O) groups excluding carboxylic acids is 2. The number of hydrogen-bond donors (Lipinski definition) is 1. The summed E-state index contributed by atoms with van der Waals surface area (Å²) < 4.78 is 0. The minimum absolute atomic E-state index is 0.0309.